The van der Waals surface area contributed by atoms with Crippen LogP contribution in [-0.2, 0) is 9.53 Å². The third-order valence-electron chi connectivity index (χ3n) is 4.97. The normalized spacial score (nSPS) is 17.5. The Morgan fingerprint density at radius 1 is 0.962 bits per heavy atom. The van der Waals surface area contributed by atoms with Crippen molar-refractivity contribution in [2.75, 3.05) is 19.7 Å². The summed E-state index contributed by atoms with van der Waals surface area (Å²) in [6, 6.07) is 0. The van der Waals surface area contributed by atoms with Crippen molar-refractivity contribution in [3.8, 4) is 0 Å². The fourth-order valence-corrected chi connectivity index (χ4v) is 3.22. The van der Waals surface area contributed by atoms with Crippen LogP contribution in [0.25, 0.3) is 0 Å². The highest BCUT2D eigenvalue weighted by Crippen LogP contribution is 2.11. The second kappa shape index (κ2) is 17.3. The average Bonchev–Trinajstić information content (AvgIpc) is 3.17. The molecule has 0 aromatic rings. The van der Waals surface area contributed by atoms with Crippen molar-refractivity contribution in [1.82, 2.24) is 5.32 Å². The van der Waals surface area contributed by atoms with Gasteiger partial charge in [-0.2, -0.15) is 0 Å². The Morgan fingerprint density at radius 3 is 2.35 bits per heavy atom. The van der Waals surface area contributed by atoms with E-state index in [9.17, 15) is 4.79 Å². The molecule has 1 saturated heterocycles. The van der Waals surface area contributed by atoms with Crippen LogP contribution in [0.5, 0.6) is 0 Å². The molecule has 1 atom stereocenters. The van der Waals surface area contributed by atoms with Crippen molar-refractivity contribution in [3.63, 3.8) is 0 Å². The standard InChI is InChI=1S/C23H41NO2/c1-2-3-4-5-6-7-8-9-10-11-12-13-14-15-16-17-23(25)26-21-22-18-19-24-20-22/h6-7,9-10,22,24H,2-5,8,11-21H2,1H3/b7-6-,10-9-/t22-/m0/s1. The predicted molar refractivity (Wildman–Crippen MR) is 111 cm³/mol. The first-order chi connectivity index (χ1) is 12.8. The monoisotopic (exact) mass is 363 g/mol. The molecule has 0 unspecified atom stereocenters. The minimum atomic E-state index is -0.0115. The van der Waals surface area contributed by atoms with E-state index < -0.39 is 0 Å². The maximum absolute atomic E-state index is 11.7. The highest BCUT2D eigenvalue weighted by atomic mass is 16.5. The number of rotatable bonds is 16. The van der Waals surface area contributed by atoms with Crippen LogP contribution in [0, 0.1) is 5.92 Å². The Morgan fingerprint density at radius 2 is 1.65 bits per heavy atom. The minimum Gasteiger partial charge on any atom is -0.465 e. The van der Waals surface area contributed by atoms with E-state index in [1.54, 1.807) is 0 Å². The van der Waals surface area contributed by atoms with Gasteiger partial charge < -0.3 is 10.1 Å². The van der Waals surface area contributed by atoms with E-state index in [-0.39, 0.29) is 5.97 Å². The first-order valence-electron chi connectivity index (χ1n) is 11.0. The van der Waals surface area contributed by atoms with Gasteiger partial charge in [0.25, 0.3) is 0 Å². The lowest BCUT2D eigenvalue weighted by Gasteiger charge is -2.09. The summed E-state index contributed by atoms with van der Waals surface area (Å²) >= 11 is 0. The van der Waals surface area contributed by atoms with Gasteiger partial charge in [-0.05, 0) is 51.5 Å². The lowest BCUT2D eigenvalue weighted by atomic mass is 10.1. The molecule has 0 radical (unpaired) electrons. The second-order valence-electron chi connectivity index (χ2n) is 7.52. The van der Waals surface area contributed by atoms with Gasteiger partial charge in [0.1, 0.15) is 0 Å². The SMILES string of the molecule is CCCCC/C=C\C/C=C\CCCCCCCC(=O)OC[C@H]1CCNC1. The van der Waals surface area contributed by atoms with Gasteiger partial charge in [-0.15, -0.1) is 0 Å². The third-order valence-corrected chi connectivity index (χ3v) is 4.97. The van der Waals surface area contributed by atoms with E-state index in [1.165, 1.54) is 51.4 Å². The van der Waals surface area contributed by atoms with Crippen LogP contribution in [0.15, 0.2) is 24.3 Å². The van der Waals surface area contributed by atoms with Crippen LogP contribution < -0.4 is 5.32 Å². The van der Waals surface area contributed by atoms with Gasteiger partial charge in [0.2, 0.25) is 0 Å². The number of ether oxygens (including phenoxy) is 1. The number of nitrogens with one attached hydrogen (secondary N) is 1. The zero-order chi connectivity index (χ0) is 18.7. The highest BCUT2D eigenvalue weighted by molar-refractivity contribution is 5.69. The fraction of sp³-hybridized carbons (Fsp3) is 0.783. The summed E-state index contributed by atoms with van der Waals surface area (Å²) < 4.78 is 5.35. The molecule has 3 heteroatoms. The van der Waals surface area contributed by atoms with Crippen LogP contribution in [0.4, 0.5) is 0 Å². The topological polar surface area (TPSA) is 38.3 Å². The molecule has 1 heterocycles. The van der Waals surface area contributed by atoms with E-state index in [2.05, 4.69) is 36.5 Å². The lowest BCUT2D eigenvalue weighted by Crippen LogP contribution is -2.16. The zero-order valence-corrected chi connectivity index (χ0v) is 17.0. The van der Waals surface area contributed by atoms with Crippen LogP contribution in [0.3, 0.4) is 0 Å². The van der Waals surface area contributed by atoms with E-state index in [0.717, 1.165) is 38.8 Å². The Kier molecular flexibility index (Phi) is 15.3. The molecule has 0 amide bonds. The van der Waals surface area contributed by atoms with Crippen LogP contribution in [-0.4, -0.2) is 25.7 Å². The first kappa shape index (κ1) is 23.0. The Bertz CT molecular complexity index is 384. The highest BCUT2D eigenvalue weighted by Gasteiger charge is 2.16. The molecule has 1 aliphatic rings. The number of carbonyl (C=O) groups excluding carboxylic acids is 1. The summed E-state index contributed by atoms with van der Waals surface area (Å²) in [6.45, 7) is 4.91. The van der Waals surface area contributed by atoms with Crippen molar-refractivity contribution in [2.45, 2.75) is 90.4 Å². The van der Waals surface area contributed by atoms with Crippen LogP contribution >= 0.6 is 0 Å². The Hall–Kier alpha value is -1.09. The maximum Gasteiger partial charge on any atom is 0.305 e. The molecule has 26 heavy (non-hydrogen) atoms. The molecule has 0 aliphatic carbocycles. The molecule has 1 rings (SSSR count). The summed E-state index contributed by atoms with van der Waals surface area (Å²) in [4.78, 5) is 11.7. The zero-order valence-electron chi connectivity index (χ0n) is 17.0. The maximum atomic E-state index is 11.7. The van der Waals surface area contributed by atoms with Gasteiger partial charge >= 0.3 is 5.97 Å². The molecular formula is C23H41NO2. The summed E-state index contributed by atoms with van der Waals surface area (Å²) in [5, 5.41) is 3.30. The summed E-state index contributed by atoms with van der Waals surface area (Å²) in [5.74, 6) is 0.520. The van der Waals surface area contributed by atoms with Crippen LogP contribution in [0.1, 0.15) is 90.4 Å². The molecule has 0 aromatic carbocycles. The van der Waals surface area contributed by atoms with Crippen molar-refractivity contribution in [2.24, 2.45) is 5.92 Å². The smallest absolute Gasteiger partial charge is 0.305 e. The molecule has 150 valence electrons. The van der Waals surface area contributed by atoms with Crippen molar-refractivity contribution in [3.05, 3.63) is 24.3 Å². The number of esters is 1. The molecule has 0 bridgehead atoms. The minimum absolute atomic E-state index is 0.0115. The van der Waals surface area contributed by atoms with Crippen molar-refractivity contribution >= 4 is 5.97 Å². The number of allylic oxidation sites excluding steroid dienone is 4. The average molecular weight is 364 g/mol. The molecule has 0 saturated carbocycles. The molecule has 0 aromatic heterocycles. The van der Waals surface area contributed by atoms with E-state index >= 15 is 0 Å². The third kappa shape index (κ3) is 14.1. The Balaban J connectivity index is 1.79. The number of carbonyl (C=O) groups is 1. The van der Waals surface area contributed by atoms with Gasteiger partial charge in [0.05, 0.1) is 6.61 Å². The largest absolute Gasteiger partial charge is 0.465 e. The predicted octanol–water partition coefficient (Wildman–Crippen LogP) is 5.95. The quantitative estimate of drug-likeness (QED) is 0.209. The lowest BCUT2D eigenvalue weighted by molar-refractivity contribution is -0.145. The van der Waals surface area contributed by atoms with Gasteiger partial charge in [-0.3, -0.25) is 4.79 Å². The molecule has 1 fully saturated rings. The van der Waals surface area contributed by atoms with Crippen molar-refractivity contribution < 1.29 is 9.53 Å². The van der Waals surface area contributed by atoms with Crippen molar-refractivity contribution in [1.29, 1.82) is 0 Å². The molecular weight excluding hydrogens is 322 g/mol. The van der Waals surface area contributed by atoms with E-state index in [4.69, 9.17) is 4.74 Å². The summed E-state index contributed by atoms with van der Waals surface area (Å²) in [5.41, 5.74) is 0. The molecule has 3 nitrogen and oxygen atoms in total. The number of hydrogen-bond acceptors (Lipinski definition) is 3. The second-order valence-corrected chi connectivity index (χ2v) is 7.52. The fourth-order valence-electron chi connectivity index (χ4n) is 3.22. The molecule has 1 aliphatic heterocycles. The summed E-state index contributed by atoms with van der Waals surface area (Å²) in [6.07, 6.45) is 24.2. The van der Waals surface area contributed by atoms with Gasteiger partial charge in [0.15, 0.2) is 0 Å². The number of unbranched alkanes of at least 4 members (excludes halogenated alkanes) is 8. The van der Waals surface area contributed by atoms with E-state index in [0.29, 0.717) is 18.9 Å². The Labute approximate surface area is 161 Å². The molecule has 1 N–H and O–H groups in total. The van der Waals surface area contributed by atoms with E-state index in [1.807, 2.05) is 0 Å². The van der Waals surface area contributed by atoms with Gasteiger partial charge in [0, 0.05) is 18.9 Å². The first-order valence-corrected chi connectivity index (χ1v) is 11.0. The van der Waals surface area contributed by atoms with Crippen LogP contribution in [0.2, 0.25) is 0 Å². The number of hydrogen-bond donors (Lipinski definition) is 1. The molecule has 0 spiro atoms. The summed E-state index contributed by atoms with van der Waals surface area (Å²) in [7, 11) is 0. The van der Waals surface area contributed by atoms with Gasteiger partial charge in [-0.1, -0.05) is 63.3 Å². The van der Waals surface area contributed by atoms with Gasteiger partial charge in [-0.25, -0.2) is 0 Å².